The maximum Gasteiger partial charge on any atom is 0.498 e. The summed E-state index contributed by atoms with van der Waals surface area (Å²) in [7, 11) is 0. The van der Waals surface area contributed by atoms with E-state index in [9.17, 15) is 0 Å². The Bertz CT molecular complexity index is 4180. The summed E-state index contributed by atoms with van der Waals surface area (Å²) in [5, 5.41) is 2.61. The van der Waals surface area contributed by atoms with Gasteiger partial charge in [-0.25, -0.2) is 0 Å². The predicted molar refractivity (Wildman–Crippen MR) is 341 cm³/mol. The van der Waals surface area contributed by atoms with Crippen molar-refractivity contribution in [2.45, 2.75) is 163 Å². The highest BCUT2D eigenvalue weighted by Gasteiger charge is 3.11. The first-order valence-electron chi connectivity index (χ1n) is 30.3. The molecule has 9 aromatic rings. The van der Waals surface area contributed by atoms with Crippen molar-refractivity contribution in [3.05, 3.63) is 214 Å². The van der Waals surface area contributed by atoms with Gasteiger partial charge in [0.05, 0.1) is 11.5 Å². The summed E-state index contributed by atoms with van der Waals surface area (Å²) >= 11 is 0. The van der Waals surface area contributed by atoms with Crippen LogP contribution in [0, 0.1) is 0 Å². The number of fused-ring (bicyclic) bond motifs is 11. The monoisotopic (exact) mass is 1060 g/mol. The molecule has 4 unspecified atom stereocenters. The van der Waals surface area contributed by atoms with Crippen LogP contribution in [0.2, 0.25) is 0 Å². The van der Waals surface area contributed by atoms with E-state index < -0.39 is 0 Å². The molecule has 5 atom stereocenters. The lowest BCUT2D eigenvalue weighted by Crippen LogP contribution is -2.76. The second-order valence-corrected chi connectivity index (χ2v) is 29.6. The molecule has 7 heterocycles. The fourth-order valence-corrected chi connectivity index (χ4v) is 16.2. The second-order valence-electron chi connectivity index (χ2n) is 29.6. The average molecular weight is 1060 g/mol. The number of rotatable bonds is 5. The van der Waals surface area contributed by atoms with Crippen LogP contribution in [0.15, 0.2) is 175 Å². The molecule has 15 rings (SSSR count). The van der Waals surface area contributed by atoms with Gasteiger partial charge in [-0.3, -0.25) is 0 Å². The van der Waals surface area contributed by atoms with Crippen LogP contribution in [0.25, 0.3) is 61.0 Å². The first-order valence-corrected chi connectivity index (χ1v) is 30.3. The number of hydrogen-bond acceptors (Lipinski definition) is 0. The molecule has 0 N–H and O–H groups in total. The Hall–Kier alpha value is -7.15. The van der Waals surface area contributed by atoms with Gasteiger partial charge >= 0.3 is 12.1 Å². The van der Waals surface area contributed by atoms with Gasteiger partial charge in [0.2, 0.25) is 22.6 Å². The maximum atomic E-state index is 2.77. The lowest BCUT2D eigenvalue weighted by molar-refractivity contribution is -0.799. The van der Waals surface area contributed by atoms with E-state index in [-0.39, 0.29) is 33.9 Å². The summed E-state index contributed by atoms with van der Waals surface area (Å²) < 4.78 is 7.33. The zero-order valence-electron chi connectivity index (χ0n) is 50.8. The molecule has 0 amide bonds. The van der Waals surface area contributed by atoms with Gasteiger partial charge in [-0.05, 0) is 143 Å². The smallest absolute Gasteiger partial charge is 0.181 e. The highest BCUT2D eigenvalue weighted by molar-refractivity contribution is 6.17. The van der Waals surface area contributed by atoms with Crippen molar-refractivity contribution >= 4 is 44.6 Å². The molecular weight excluding hydrogens is 983 g/mol. The Labute approximate surface area is 481 Å². The topological polar surface area (TPSA) is 8.81 Å². The Morgan fingerprint density at radius 2 is 1.04 bits per heavy atom. The van der Waals surface area contributed by atoms with Crippen LogP contribution < -0.4 is 18.5 Å². The number of pyridine rings is 1. The Morgan fingerprint density at radius 3 is 1.62 bits per heavy atom. The van der Waals surface area contributed by atoms with Crippen LogP contribution in [0.4, 0.5) is 22.7 Å². The van der Waals surface area contributed by atoms with Gasteiger partial charge in [-0.15, -0.1) is 0 Å². The number of hydrogen-bond donors (Lipinski definition) is 0. The van der Waals surface area contributed by atoms with E-state index in [1.807, 2.05) is 0 Å². The third-order valence-electron chi connectivity index (χ3n) is 20.1. The number of para-hydroxylation sites is 4. The molecule has 6 aliphatic rings. The summed E-state index contributed by atoms with van der Waals surface area (Å²) in [4.78, 5) is 0. The molecule has 5 nitrogen and oxygen atoms in total. The standard InChI is InChI=1S/C76H81N5/c1-45(2)59-43-61-57-28-24-32-66-70(57)79(71-58(62(61)44-60(59)46(3)4)35-34-56-55-25-17-18-29-63(55)78(68(56)71)67-33-21-22-36-77(67)79)72-80(66)64-30-19-20-31-65(64)81(72,80)69-53(47-37-49(73(5,6)7)41-50(38-47)74(8,9)10)26-23-27-54(69)48-39-51(75(11,12)13)42-52(40-48)76(14,15)16/h17-27,29-46,57,72H,28H2,1-16H3/q+4/t57?,72?,79?,80?,81-/m0/s1. The molecule has 0 saturated carbocycles. The Balaban J connectivity index is 1.17. The third-order valence-corrected chi connectivity index (χ3v) is 20.1. The largest absolute Gasteiger partial charge is 0.498 e. The second kappa shape index (κ2) is 16.1. The molecule has 1 fully saturated rings. The van der Waals surface area contributed by atoms with Crippen molar-refractivity contribution < 1.29 is 4.68 Å². The van der Waals surface area contributed by atoms with Gasteiger partial charge in [-0.1, -0.05) is 202 Å². The predicted octanol–water partition coefficient (Wildman–Crippen LogP) is 19.7. The molecular formula is C76H81N5+4. The molecule has 0 bridgehead atoms. The van der Waals surface area contributed by atoms with Crippen molar-refractivity contribution in [2.24, 2.45) is 0 Å². The van der Waals surface area contributed by atoms with Gasteiger partial charge in [0.15, 0.2) is 6.20 Å². The number of quaternary nitrogens is 3. The van der Waals surface area contributed by atoms with E-state index in [1.54, 1.807) is 0 Å². The van der Waals surface area contributed by atoms with E-state index in [0.717, 1.165) is 6.42 Å². The minimum atomic E-state index is -0.0935. The van der Waals surface area contributed by atoms with E-state index in [4.69, 9.17) is 0 Å². The molecule has 406 valence electrons. The van der Waals surface area contributed by atoms with Crippen molar-refractivity contribution in [1.82, 2.24) is 18.3 Å². The SMILES string of the molecule is CC(C)c1cc2c(cc1C(C)C)C1CC=CC3=C1[N+]1(c4c-2ccc2c5ccccc5n(c42)-c2cccc[n+]21)C1[N+]32c3ccccc3[N@+]12c1c(-c2cc(C(C)(C)C)cc(C(C)(C)C)c2)cccc1-c1cc(C(C)(C)C)cc(C(C)(C)C)c1. The lowest BCUT2D eigenvalue weighted by atomic mass is 9.77. The summed E-state index contributed by atoms with van der Waals surface area (Å²) in [5.74, 6) is 2.08. The van der Waals surface area contributed by atoms with Crippen molar-refractivity contribution in [3.8, 4) is 39.2 Å². The van der Waals surface area contributed by atoms with Crippen LogP contribution >= 0.6 is 0 Å². The minimum absolute atomic E-state index is 0.0757. The highest BCUT2D eigenvalue weighted by Crippen LogP contribution is 2.83. The molecule has 5 aliphatic heterocycles. The van der Waals surface area contributed by atoms with E-state index in [0.29, 0.717) is 25.6 Å². The van der Waals surface area contributed by atoms with E-state index in [2.05, 4.69) is 284 Å². The molecule has 0 radical (unpaired) electrons. The average Bonchev–Trinajstić information content (AvgIpc) is 1.42. The van der Waals surface area contributed by atoms with Gasteiger partial charge in [0.1, 0.15) is 5.52 Å². The third kappa shape index (κ3) is 6.25. The normalized spacial score (nSPS) is 22.8. The molecule has 1 aliphatic carbocycles. The first kappa shape index (κ1) is 50.8. The van der Waals surface area contributed by atoms with Crippen LogP contribution in [0.3, 0.4) is 0 Å². The van der Waals surface area contributed by atoms with E-state index >= 15 is 0 Å². The van der Waals surface area contributed by atoms with Crippen LogP contribution in [0.5, 0.6) is 0 Å². The first-order chi connectivity index (χ1) is 38.4. The van der Waals surface area contributed by atoms with Crippen LogP contribution in [-0.2, 0) is 21.7 Å². The van der Waals surface area contributed by atoms with Crippen molar-refractivity contribution in [2.75, 3.05) is 0 Å². The van der Waals surface area contributed by atoms with Gasteiger partial charge < -0.3 is 0 Å². The molecule has 7 aromatic carbocycles. The summed E-state index contributed by atoms with van der Waals surface area (Å²) in [6.07, 6.45) is 8.49. The Morgan fingerprint density at radius 1 is 0.494 bits per heavy atom. The highest BCUT2D eigenvalue weighted by atomic mass is 16.2. The van der Waals surface area contributed by atoms with Crippen molar-refractivity contribution in [1.29, 1.82) is 0 Å². The Kier molecular flexibility index (Phi) is 10.1. The van der Waals surface area contributed by atoms with Gasteiger partial charge in [-0.2, -0.15) is 4.57 Å². The maximum absolute atomic E-state index is 2.77. The zero-order valence-corrected chi connectivity index (χ0v) is 50.8. The molecule has 2 spiro atoms. The summed E-state index contributed by atoms with van der Waals surface area (Å²) in [6, 6.07) is 58.9. The number of nitrogens with zero attached hydrogens (tertiary/aromatic N) is 5. The van der Waals surface area contributed by atoms with Gasteiger partial charge in [0, 0.05) is 60.0 Å². The zero-order chi connectivity index (χ0) is 56.6. The van der Waals surface area contributed by atoms with Crippen LogP contribution in [0.1, 0.15) is 174 Å². The van der Waals surface area contributed by atoms with Gasteiger partial charge in [0.25, 0.3) is 17.1 Å². The van der Waals surface area contributed by atoms with Crippen molar-refractivity contribution in [3.63, 3.8) is 0 Å². The van der Waals surface area contributed by atoms with Crippen LogP contribution in [-0.4, -0.2) is 10.9 Å². The van der Waals surface area contributed by atoms with E-state index in [1.165, 1.54) is 134 Å². The minimum Gasteiger partial charge on any atom is -0.181 e. The number of benzene rings is 7. The molecule has 2 aromatic heterocycles. The number of aromatic nitrogens is 2. The quantitative estimate of drug-likeness (QED) is 0.0923. The fourth-order valence-electron chi connectivity index (χ4n) is 16.2. The molecule has 1 saturated heterocycles. The summed E-state index contributed by atoms with van der Waals surface area (Å²) in [5.41, 5.74) is 28.7. The fraction of sp³-hybridized carbons (Fsp3) is 0.329. The summed E-state index contributed by atoms with van der Waals surface area (Å²) in [6.45, 7) is 38.3. The molecule has 81 heavy (non-hydrogen) atoms. The number of allylic oxidation sites excluding steroid dienone is 3. The molecule has 5 heteroatoms. The lowest BCUT2D eigenvalue weighted by Gasteiger charge is -2.37.